The highest BCUT2D eigenvalue weighted by Gasteiger charge is 2.25. The van der Waals surface area contributed by atoms with Gasteiger partial charge in [-0.3, -0.25) is 0 Å². The summed E-state index contributed by atoms with van der Waals surface area (Å²) in [4.78, 5) is 20.8. The van der Waals surface area contributed by atoms with E-state index >= 15 is 0 Å². The Labute approximate surface area is 184 Å². The molecule has 2 aromatic heterocycles. The first-order valence-corrected chi connectivity index (χ1v) is 10.3. The summed E-state index contributed by atoms with van der Waals surface area (Å²) in [7, 11) is 0. The molecule has 0 radical (unpaired) electrons. The lowest BCUT2D eigenvalue weighted by molar-refractivity contribution is 0.208. The predicted molar refractivity (Wildman–Crippen MR) is 116 cm³/mol. The van der Waals surface area contributed by atoms with Crippen LogP contribution in [0.25, 0.3) is 11.5 Å². The van der Waals surface area contributed by atoms with Crippen molar-refractivity contribution in [3.05, 3.63) is 53.3 Å². The highest BCUT2D eigenvalue weighted by Crippen LogP contribution is 2.30. The Morgan fingerprint density at radius 2 is 1.97 bits per heavy atom. The summed E-state index contributed by atoms with van der Waals surface area (Å²) in [6.45, 7) is 6.01. The minimum atomic E-state index is -0.571. The average Bonchev–Trinajstić information content (AvgIpc) is 3.26. The van der Waals surface area contributed by atoms with Crippen molar-refractivity contribution < 1.29 is 13.6 Å². The van der Waals surface area contributed by atoms with Crippen LogP contribution >= 0.6 is 11.6 Å². The lowest BCUT2D eigenvalue weighted by Crippen LogP contribution is -2.50. The van der Waals surface area contributed by atoms with Gasteiger partial charge in [0.25, 0.3) is 5.89 Å². The second kappa shape index (κ2) is 8.89. The Hall–Kier alpha value is -3.20. The SMILES string of the molecule is CC(C)c1nnc(-c2cccnc2N2CCN(C(=O)Nc3ccc(Cl)cc3F)CC2)o1. The standard InChI is InChI=1S/C21H22ClFN6O2/c1-13(2)19-26-27-20(31-19)15-4-3-7-24-18(15)28-8-10-29(11-9-28)21(30)25-17-6-5-14(22)12-16(17)23/h3-7,12-13H,8-11H2,1-2H3,(H,25,30). The first-order valence-electron chi connectivity index (χ1n) is 9.97. The van der Waals surface area contributed by atoms with Crippen LogP contribution in [-0.2, 0) is 0 Å². The fourth-order valence-corrected chi connectivity index (χ4v) is 3.46. The van der Waals surface area contributed by atoms with Gasteiger partial charge in [-0.05, 0) is 30.3 Å². The van der Waals surface area contributed by atoms with Gasteiger partial charge < -0.3 is 19.5 Å². The van der Waals surface area contributed by atoms with Crippen molar-refractivity contribution in [2.45, 2.75) is 19.8 Å². The number of piperazine rings is 1. The predicted octanol–water partition coefficient (Wildman–Crippen LogP) is 4.40. The molecule has 10 heteroatoms. The van der Waals surface area contributed by atoms with Crippen LogP contribution in [0.2, 0.25) is 5.02 Å². The summed E-state index contributed by atoms with van der Waals surface area (Å²) in [6.07, 6.45) is 1.71. The van der Waals surface area contributed by atoms with E-state index in [-0.39, 0.29) is 22.7 Å². The van der Waals surface area contributed by atoms with Crippen LogP contribution in [0.3, 0.4) is 0 Å². The second-order valence-corrected chi connectivity index (χ2v) is 7.94. The van der Waals surface area contributed by atoms with E-state index in [4.69, 9.17) is 16.0 Å². The monoisotopic (exact) mass is 444 g/mol. The molecule has 0 saturated carbocycles. The normalized spacial score (nSPS) is 14.2. The van der Waals surface area contributed by atoms with E-state index in [1.54, 1.807) is 11.1 Å². The molecule has 1 aromatic carbocycles. The molecule has 1 N–H and O–H groups in total. The molecular formula is C21H22ClFN6O2. The van der Waals surface area contributed by atoms with Crippen LogP contribution in [-0.4, -0.2) is 52.3 Å². The van der Waals surface area contributed by atoms with E-state index in [0.29, 0.717) is 38.0 Å². The molecule has 2 amide bonds. The van der Waals surface area contributed by atoms with Crippen LogP contribution < -0.4 is 10.2 Å². The Morgan fingerprint density at radius 3 is 2.65 bits per heavy atom. The number of amides is 2. The zero-order valence-corrected chi connectivity index (χ0v) is 17.9. The smallest absolute Gasteiger partial charge is 0.322 e. The lowest BCUT2D eigenvalue weighted by atomic mass is 10.2. The maximum absolute atomic E-state index is 14.0. The molecular weight excluding hydrogens is 423 g/mol. The molecule has 3 heterocycles. The second-order valence-electron chi connectivity index (χ2n) is 7.50. The number of pyridine rings is 1. The van der Waals surface area contributed by atoms with Gasteiger partial charge in [-0.15, -0.1) is 10.2 Å². The average molecular weight is 445 g/mol. The van der Waals surface area contributed by atoms with E-state index < -0.39 is 5.82 Å². The fourth-order valence-electron chi connectivity index (χ4n) is 3.30. The minimum Gasteiger partial charge on any atom is -0.420 e. The number of hydrogen-bond acceptors (Lipinski definition) is 6. The lowest BCUT2D eigenvalue weighted by Gasteiger charge is -2.35. The van der Waals surface area contributed by atoms with Crippen molar-refractivity contribution in [3.8, 4) is 11.5 Å². The Bertz CT molecular complexity index is 1080. The van der Waals surface area contributed by atoms with Gasteiger partial charge in [-0.1, -0.05) is 25.4 Å². The van der Waals surface area contributed by atoms with Crippen LogP contribution in [0.4, 0.5) is 20.7 Å². The first kappa shape index (κ1) is 21.0. The molecule has 3 aromatic rings. The fraction of sp³-hybridized carbons (Fsp3) is 0.333. The minimum absolute atomic E-state index is 0.0983. The number of nitrogens with one attached hydrogen (secondary N) is 1. The Balaban J connectivity index is 1.43. The zero-order chi connectivity index (χ0) is 22.0. The number of carbonyl (C=O) groups excluding carboxylic acids is 1. The molecule has 31 heavy (non-hydrogen) atoms. The number of halogens is 2. The van der Waals surface area contributed by atoms with Crippen LogP contribution in [0.1, 0.15) is 25.7 Å². The number of urea groups is 1. The number of benzene rings is 1. The van der Waals surface area contributed by atoms with E-state index in [1.165, 1.54) is 18.2 Å². The molecule has 1 aliphatic heterocycles. The maximum Gasteiger partial charge on any atom is 0.322 e. The van der Waals surface area contributed by atoms with Crippen molar-refractivity contribution in [1.29, 1.82) is 0 Å². The van der Waals surface area contributed by atoms with Gasteiger partial charge in [0.1, 0.15) is 11.6 Å². The van der Waals surface area contributed by atoms with Gasteiger partial charge in [-0.25, -0.2) is 14.2 Å². The van der Waals surface area contributed by atoms with Crippen LogP contribution in [0.15, 0.2) is 40.9 Å². The van der Waals surface area contributed by atoms with Gasteiger partial charge in [0.2, 0.25) is 5.89 Å². The molecule has 1 aliphatic rings. The summed E-state index contributed by atoms with van der Waals surface area (Å²) in [5.41, 5.74) is 0.851. The van der Waals surface area contributed by atoms with Crippen LogP contribution in [0, 0.1) is 5.82 Å². The molecule has 8 nitrogen and oxygen atoms in total. The van der Waals surface area contributed by atoms with E-state index in [1.807, 2.05) is 26.0 Å². The summed E-state index contributed by atoms with van der Waals surface area (Å²) in [5, 5.41) is 11.1. The van der Waals surface area contributed by atoms with Crippen molar-refractivity contribution in [2.24, 2.45) is 0 Å². The molecule has 0 atom stereocenters. The van der Waals surface area contributed by atoms with Gasteiger partial charge in [-0.2, -0.15) is 0 Å². The number of rotatable bonds is 4. The van der Waals surface area contributed by atoms with Crippen molar-refractivity contribution in [3.63, 3.8) is 0 Å². The molecule has 1 saturated heterocycles. The number of aromatic nitrogens is 3. The molecule has 0 unspecified atom stereocenters. The Kier molecular flexibility index (Phi) is 6.03. The van der Waals surface area contributed by atoms with E-state index in [0.717, 1.165) is 11.4 Å². The van der Waals surface area contributed by atoms with Gasteiger partial charge in [0.15, 0.2) is 0 Å². The van der Waals surface area contributed by atoms with Gasteiger partial charge in [0, 0.05) is 43.3 Å². The molecule has 0 spiro atoms. The summed E-state index contributed by atoms with van der Waals surface area (Å²) >= 11 is 5.76. The number of nitrogens with zero attached hydrogens (tertiary/aromatic N) is 5. The van der Waals surface area contributed by atoms with E-state index in [9.17, 15) is 9.18 Å². The topological polar surface area (TPSA) is 87.4 Å². The summed E-state index contributed by atoms with van der Waals surface area (Å²) in [5.74, 6) is 1.28. The van der Waals surface area contributed by atoms with Gasteiger partial charge in [0.05, 0.1) is 11.3 Å². The largest absolute Gasteiger partial charge is 0.420 e. The van der Waals surface area contributed by atoms with Gasteiger partial charge >= 0.3 is 6.03 Å². The third-order valence-electron chi connectivity index (χ3n) is 4.99. The van der Waals surface area contributed by atoms with Crippen molar-refractivity contribution in [2.75, 3.05) is 36.4 Å². The summed E-state index contributed by atoms with van der Waals surface area (Å²) < 4.78 is 19.8. The first-order chi connectivity index (χ1) is 14.9. The number of hydrogen-bond donors (Lipinski definition) is 1. The van der Waals surface area contributed by atoms with Crippen molar-refractivity contribution >= 4 is 29.1 Å². The molecule has 0 bridgehead atoms. The number of carbonyl (C=O) groups is 1. The third-order valence-corrected chi connectivity index (χ3v) is 5.23. The quantitative estimate of drug-likeness (QED) is 0.641. The summed E-state index contributed by atoms with van der Waals surface area (Å²) in [6, 6.07) is 7.50. The number of anilines is 2. The van der Waals surface area contributed by atoms with Crippen LogP contribution in [0.5, 0.6) is 0 Å². The maximum atomic E-state index is 14.0. The molecule has 4 rings (SSSR count). The van der Waals surface area contributed by atoms with Crippen molar-refractivity contribution in [1.82, 2.24) is 20.1 Å². The highest BCUT2D eigenvalue weighted by molar-refractivity contribution is 6.30. The highest BCUT2D eigenvalue weighted by atomic mass is 35.5. The molecule has 0 aliphatic carbocycles. The molecule has 1 fully saturated rings. The zero-order valence-electron chi connectivity index (χ0n) is 17.2. The Morgan fingerprint density at radius 1 is 1.19 bits per heavy atom. The third kappa shape index (κ3) is 4.61. The van der Waals surface area contributed by atoms with E-state index in [2.05, 4.69) is 25.4 Å². The molecule has 162 valence electrons.